The van der Waals surface area contributed by atoms with Gasteiger partial charge in [-0.1, -0.05) is 0 Å². The van der Waals surface area contributed by atoms with Crippen LogP contribution in [0.1, 0.15) is 13.8 Å². The van der Waals surface area contributed by atoms with E-state index in [0.29, 0.717) is 0 Å². The molecule has 0 aliphatic carbocycles. The quantitative estimate of drug-likeness (QED) is 0.839. The van der Waals surface area contributed by atoms with Gasteiger partial charge >= 0.3 is 0 Å². The number of aromatic nitrogens is 3. The first-order valence-corrected chi connectivity index (χ1v) is 6.96. The van der Waals surface area contributed by atoms with Crippen LogP contribution < -0.4 is 4.90 Å². The summed E-state index contributed by atoms with van der Waals surface area (Å²) in [5.41, 5.74) is 2.16. The molecule has 0 radical (unpaired) electrons. The molecule has 0 amide bonds. The van der Waals surface area contributed by atoms with E-state index in [-0.39, 0.29) is 12.2 Å². The van der Waals surface area contributed by atoms with E-state index in [1.165, 1.54) is 0 Å². The number of nitrogens with zero attached hydrogens (tertiary/aromatic N) is 4. The van der Waals surface area contributed by atoms with Crippen molar-refractivity contribution in [2.45, 2.75) is 26.1 Å². The third-order valence-electron chi connectivity index (χ3n) is 3.60. The molecular weight excluding hydrogens is 252 g/mol. The van der Waals surface area contributed by atoms with Crippen molar-refractivity contribution >= 4 is 5.82 Å². The Morgan fingerprint density at radius 3 is 2.45 bits per heavy atom. The summed E-state index contributed by atoms with van der Waals surface area (Å²) in [5, 5.41) is 0. The summed E-state index contributed by atoms with van der Waals surface area (Å²) in [7, 11) is 1.99. The molecule has 20 heavy (non-hydrogen) atoms. The smallest absolute Gasteiger partial charge is 0.128 e. The van der Waals surface area contributed by atoms with E-state index in [2.05, 4.69) is 40.8 Å². The van der Waals surface area contributed by atoms with Crippen molar-refractivity contribution in [3.63, 3.8) is 0 Å². The largest absolute Gasteiger partial charge is 0.372 e. The molecule has 0 N–H and O–H groups in total. The Balaban J connectivity index is 1.81. The maximum absolute atomic E-state index is 5.76. The molecule has 1 aliphatic heterocycles. The highest BCUT2D eigenvalue weighted by atomic mass is 16.5. The highest BCUT2D eigenvalue weighted by Crippen LogP contribution is 2.22. The SMILES string of the molecule is C[C@@H]1CN(c2ccc(-c3cncn3C)cn2)C[C@H](C)O1. The van der Waals surface area contributed by atoms with E-state index in [0.717, 1.165) is 30.2 Å². The number of rotatable bonds is 2. The summed E-state index contributed by atoms with van der Waals surface area (Å²) in [6.45, 7) is 5.99. The van der Waals surface area contributed by atoms with Crippen molar-refractivity contribution in [3.8, 4) is 11.3 Å². The van der Waals surface area contributed by atoms with E-state index in [9.17, 15) is 0 Å². The minimum atomic E-state index is 0.248. The first-order valence-electron chi connectivity index (χ1n) is 6.96. The van der Waals surface area contributed by atoms with E-state index >= 15 is 0 Å². The highest BCUT2D eigenvalue weighted by molar-refractivity contribution is 5.59. The van der Waals surface area contributed by atoms with Gasteiger partial charge in [-0.2, -0.15) is 0 Å². The zero-order chi connectivity index (χ0) is 14.1. The number of hydrogen-bond acceptors (Lipinski definition) is 4. The Bertz CT molecular complexity index is 568. The van der Waals surface area contributed by atoms with E-state index in [1.54, 1.807) is 6.33 Å². The fourth-order valence-corrected chi connectivity index (χ4v) is 2.72. The van der Waals surface area contributed by atoms with Gasteiger partial charge in [-0.3, -0.25) is 0 Å². The lowest BCUT2D eigenvalue weighted by Crippen LogP contribution is -2.45. The van der Waals surface area contributed by atoms with Crippen molar-refractivity contribution in [2.75, 3.05) is 18.0 Å². The first kappa shape index (κ1) is 13.1. The Kier molecular flexibility index (Phi) is 3.44. The summed E-state index contributed by atoms with van der Waals surface area (Å²) in [5.74, 6) is 1.01. The van der Waals surface area contributed by atoms with Crippen LogP contribution in [0.15, 0.2) is 30.9 Å². The lowest BCUT2D eigenvalue weighted by molar-refractivity contribution is -0.00545. The highest BCUT2D eigenvalue weighted by Gasteiger charge is 2.23. The molecule has 1 fully saturated rings. The number of ether oxygens (including phenoxy) is 1. The molecule has 2 atom stereocenters. The molecule has 2 aromatic heterocycles. The van der Waals surface area contributed by atoms with Crippen molar-refractivity contribution in [2.24, 2.45) is 7.05 Å². The molecule has 106 valence electrons. The van der Waals surface area contributed by atoms with Crippen LogP contribution in [0.4, 0.5) is 5.82 Å². The van der Waals surface area contributed by atoms with Gasteiger partial charge < -0.3 is 14.2 Å². The van der Waals surface area contributed by atoms with Crippen molar-refractivity contribution in [3.05, 3.63) is 30.9 Å². The normalized spacial score (nSPS) is 23.1. The zero-order valence-corrected chi connectivity index (χ0v) is 12.2. The molecule has 1 saturated heterocycles. The lowest BCUT2D eigenvalue weighted by Gasteiger charge is -2.36. The van der Waals surface area contributed by atoms with Crippen LogP contribution in [0, 0.1) is 0 Å². The maximum atomic E-state index is 5.76. The molecular formula is C15H20N4O. The summed E-state index contributed by atoms with van der Waals surface area (Å²) in [6, 6.07) is 4.18. The van der Waals surface area contributed by atoms with Gasteiger partial charge in [0.2, 0.25) is 0 Å². The number of morpholine rings is 1. The molecule has 3 rings (SSSR count). The van der Waals surface area contributed by atoms with Crippen LogP contribution in [0.3, 0.4) is 0 Å². The van der Waals surface area contributed by atoms with E-state index < -0.39 is 0 Å². The number of imidazole rings is 1. The molecule has 5 nitrogen and oxygen atoms in total. The molecule has 3 heterocycles. The molecule has 2 aromatic rings. The molecule has 0 bridgehead atoms. The van der Waals surface area contributed by atoms with Crippen molar-refractivity contribution in [1.82, 2.24) is 14.5 Å². The monoisotopic (exact) mass is 272 g/mol. The number of hydrogen-bond donors (Lipinski definition) is 0. The average Bonchev–Trinajstić information content (AvgIpc) is 2.84. The fraction of sp³-hybridized carbons (Fsp3) is 0.467. The molecule has 0 unspecified atom stereocenters. The topological polar surface area (TPSA) is 43.2 Å². The summed E-state index contributed by atoms with van der Waals surface area (Å²) in [6.07, 6.45) is 6.07. The van der Waals surface area contributed by atoms with Crippen molar-refractivity contribution < 1.29 is 4.74 Å². The predicted molar refractivity (Wildman–Crippen MR) is 78.7 cm³/mol. The van der Waals surface area contributed by atoms with Gasteiger partial charge in [0.25, 0.3) is 0 Å². The minimum absolute atomic E-state index is 0.248. The van der Waals surface area contributed by atoms with E-state index in [4.69, 9.17) is 4.74 Å². The molecule has 1 aliphatic rings. The van der Waals surface area contributed by atoms with Gasteiger partial charge in [0, 0.05) is 31.9 Å². The number of pyridine rings is 1. The van der Waals surface area contributed by atoms with Gasteiger partial charge in [-0.25, -0.2) is 9.97 Å². The van der Waals surface area contributed by atoms with Crippen LogP contribution in [0.25, 0.3) is 11.3 Å². The van der Waals surface area contributed by atoms with Gasteiger partial charge in [-0.15, -0.1) is 0 Å². The third kappa shape index (κ3) is 2.54. The summed E-state index contributed by atoms with van der Waals surface area (Å²) in [4.78, 5) is 11.0. The molecule has 0 spiro atoms. The second kappa shape index (κ2) is 5.25. The van der Waals surface area contributed by atoms with Gasteiger partial charge in [0.05, 0.1) is 30.4 Å². The Hall–Kier alpha value is -1.88. The second-order valence-electron chi connectivity index (χ2n) is 5.46. The number of aryl methyl sites for hydroxylation is 1. The van der Waals surface area contributed by atoms with E-state index in [1.807, 2.05) is 24.0 Å². The lowest BCUT2D eigenvalue weighted by atomic mass is 10.2. The summed E-state index contributed by atoms with van der Waals surface area (Å²) >= 11 is 0. The average molecular weight is 272 g/mol. The van der Waals surface area contributed by atoms with Crippen molar-refractivity contribution in [1.29, 1.82) is 0 Å². The van der Waals surface area contributed by atoms with Crippen LogP contribution in [0.5, 0.6) is 0 Å². The van der Waals surface area contributed by atoms with Gasteiger partial charge in [0.15, 0.2) is 0 Å². The van der Waals surface area contributed by atoms with Gasteiger partial charge in [-0.05, 0) is 26.0 Å². The minimum Gasteiger partial charge on any atom is -0.372 e. The van der Waals surface area contributed by atoms with Gasteiger partial charge in [0.1, 0.15) is 5.82 Å². The summed E-state index contributed by atoms with van der Waals surface area (Å²) < 4.78 is 7.75. The molecule has 0 saturated carbocycles. The Labute approximate surface area is 119 Å². The second-order valence-corrected chi connectivity index (χ2v) is 5.46. The zero-order valence-electron chi connectivity index (χ0n) is 12.2. The molecule has 5 heteroatoms. The van der Waals surface area contributed by atoms with Crippen LogP contribution in [-0.2, 0) is 11.8 Å². The molecule has 0 aromatic carbocycles. The van der Waals surface area contributed by atoms with Crippen LogP contribution in [-0.4, -0.2) is 39.8 Å². The number of anilines is 1. The first-order chi connectivity index (χ1) is 9.63. The predicted octanol–water partition coefficient (Wildman–Crippen LogP) is 2.10. The maximum Gasteiger partial charge on any atom is 0.128 e. The Morgan fingerprint density at radius 2 is 1.90 bits per heavy atom. The fourth-order valence-electron chi connectivity index (χ4n) is 2.72. The third-order valence-corrected chi connectivity index (χ3v) is 3.60. The Morgan fingerprint density at radius 1 is 1.15 bits per heavy atom. The van der Waals surface area contributed by atoms with Crippen LogP contribution >= 0.6 is 0 Å². The standard InChI is InChI=1S/C15H20N4O/c1-11-8-19(9-12(2)20-11)15-5-4-13(6-17-15)14-7-16-10-18(14)3/h4-7,10-12H,8-9H2,1-3H3/t11-,12+. The van der Waals surface area contributed by atoms with Crippen LogP contribution in [0.2, 0.25) is 0 Å².